The van der Waals surface area contributed by atoms with E-state index in [0.29, 0.717) is 17.9 Å². The average Bonchev–Trinajstić information content (AvgIpc) is 2.99. The maximum Gasteiger partial charge on any atom is 0.340 e. The minimum absolute atomic E-state index is 0.0192. The quantitative estimate of drug-likeness (QED) is 0.656. The van der Waals surface area contributed by atoms with Gasteiger partial charge in [-0.05, 0) is 26.0 Å². The monoisotopic (exact) mass is 404 g/mol. The maximum atomic E-state index is 12.7. The molecule has 3 rings (SSSR count). The molecule has 0 unspecified atom stereocenters. The molecule has 0 spiro atoms. The first-order valence-electron chi connectivity index (χ1n) is 8.04. The number of carbonyl (C=O) groups excluding carboxylic acids is 1. The van der Waals surface area contributed by atoms with Gasteiger partial charge < -0.3 is 10.1 Å². The van der Waals surface area contributed by atoms with E-state index in [1.807, 2.05) is 13.8 Å². The Balaban J connectivity index is 1.93. The lowest BCUT2D eigenvalue weighted by Crippen LogP contribution is -2.24. The van der Waals surface area contributed by atoms with E-state index in [-0.39, 0.29) is 10.6 Å². The summed E-state index contributed by atoms with van der Waals surface area (Å²) in [4.78, 5) is 30.2. The van der Waals surface area contributed by atoms with Crippen molar-refractivity contribution in [3.8, 4) is 5.69 Å². The van der Waals surface area contributed by atoms with Crippen LogP contribution in [0.4, 0.5) is 5.69 Å². The third-order valence-electron chi connectivity index (χ3n) is 3.90. The Labute approximate surface area is 164 Å². The van der Waals surface area contributed by atoms with Crippen LogP contribution >= 0.6 is 22.9 Å². The molecule has 0 aliphatic carbocycles. The van der Waals surface area contributed by atoms with Crippen LogP contribution in [0.3, 0.4) is 0 Å². The molecule has 0 saturated heterocycles. The normalized spacial score (nSPS) is 10.7. The summed E-state index contributed by atoms with van der Waals surface area (Å²) in [6.45, 7) is 4.36. The summed E-state index contributed by atoms with van der Waals surface area (Å²) < 4.78 is 5.84. The molecule has 3 aromatic rings. The lowest BCUT2D eigenvalue weighted by atomic mass is 10.2. The molecule has 0 amide bonds. The van der Waals surface area contributed by atoms with E-state index in [1.54, 1.807) is 35.6 Å². The van der Waals surface area contributed by atoms with E-state index in [2.05, 4.69) is 15.4 Å². The number of esters is 1. The topological polar surface area (TPSA) is 86.1 Å². The highest BCUT2D eigenvalue weighted by Crippen LogP contribution is 2.21. The number of benzene rings is 1. The summed E-state index contributed by atoms with van der Waals surface area (Å²) in [7, 11) is 1.28. The number of aryl methyl sites for hydroxylation is 2. The Kier molecular flexibility index (Phi) is 5.57. The number of nitrogens with one attached hydrogen (secondary N) is 1. The van der Waals surface area contributed by atoms with Crippen LogP contribution in [0.15, 0.2) is 35.3 Å². The average molecular weight is 405 g/mol. The smallest absolute Gasteiger partial charge is 0.340 e. The van der Waals surface area contributed by atoms with Crippen LogP contribution in [-0.4, -0.2) is 27.8 Å². The first-order chi connectivity index (χ1) is 12.9. The Bertz CT molecular complexity index is 1060. The van der Waals surface area contributed by atoms with Crippen molar-refractivity contribution in [1.82, 2.24) is 14.8 Å². The standard InChI is InChI=1S/C18H17ClN4O3S/c1-10-13(22-11(2)27-10)8-20-14-9-21-23(17(24)16(14)19)15-7-5-4-6-12(15)18(25)26-3/h4-7,9,20H,8H2,1-3H3. The number of rotatable bonds is 5. The largest absolute Gasteiger partial charge is 0.465 e. The van der Waals surface area contributed by atoms with Crippen molar-refractivity contribution in [2.24, 2.45) is 0 Å². The molecule has 0 saturated carbocycles. The SMILES string of the molecule is COC(=O)c1ccccc1-n1ncc(NCc2nc(C)sc2C)c(Cl)c1=O. The van der Waals surface area contributed by atoms with Crippen LogP contribution < -0.4 is 10.9 Å². The Morgan fingerprint density at radius 1 is 1.33 bits per heavy atom. The van der Waals surface area contributed by atoms with Crippen LogP contribution in [0.25, 0.3) is 5.69 Å². The third-order valence-corrected chi connectivity index (χ3v) is 5.20. The van der Waals surface area contributed by atoms with Gasteiger partial charge in [0.2, 0.25) is 0 Å². The second-order valence-corrected chi connectivity index (χ2v) is 7.47. The molecule has 1 aromatic carbocycles. The van der Waals surface area contributed by atoms with E-state index >= 15 is 0 Å². The Morgan fingerprint density at radius 3 is 2.74 bits per heavy atom. The highest BCUT2D eigenvalue weighted by Gasteiger charge is 2.17. The van der Waals surface area contributed by atoms with Crippen molar-refractivity contribution in [1.29, 1.82) is 0 Å². The second-order valence-electron chi connectivity index (χ2n) is 5.69. The van der Waals surface area contributed by atoms with Crippen LogP contribution in [0.1, 0.15) is 25.9 Å². The number of hydrogen-bond donors (Lipinski definition) is 1. The van der Waals surface area contributed by atoms with Gasteiger partial charge in [-0.25, -0.2) is 9.78 Å². The molecule has 0 atom stereocenters. The molecular weight excluding hydrogens is 388 g/mol. The molecule has 0 aliphatic heterocycles. The lowest BCUT2D eigenvalue weighted by molar-refractivity contribution is 0.0600. The highest BCUT2D eigenvalue weighted by atomic mass is 35.5. The van der Waals surface area contributed by atoms with Gasteiger partial charge in [-0.3, -0.25) is 4.79 Å². The van der Waals surface area contributed by atoms with Gasteiger partial charge >= 0.3 is 5.97 Å². The number of hydrogen-bond acceptors (Lipinski definition) is 7. The Morgan fingerprint density at radius 2 is 2.07 bits per heavy atom. The number of carbonyl (C=O) groups is 1. The van der Waals surface area contributed by atoms with Gasteiger partial charge in [-0.15, -0.1) is 11.3 Å². The lowest BCUT2D eigenvalue weighted by Gasteiger charge is -2.12. The summed E-state index contributed by atoms with van der Waals surface area (Å²) in [5, 5.41) is 8.21. The number of para-hydroxylation sites is 1. The summed E-state index contributed by atoms with van der Waals surface area (Å²) >= 11 is 7.86. The van der Waals surface area contributed by atoms with Crippen molar-refractivity contribution < 1.29 is 9.53 Å². The summed E-state index contributed by atoms with van der Waals surface area (Å²) in [6.07, 6.45) is 1.45. The second kappa shape index (κ2) is 7.89. The number of anilines is 1. The summed E-state index contributed by atoms with van der Waals surface area (Å²) in [5.74, 6) is -0.563. The van der Waals surface area contributed by atoms with Crippen molar-refractivity contribution in [2.45, 2.75) is 20.4 Å². The zero-order chi connectivity index (χ0) is 19.6. The number of thiazole rings is 1. The fourth-order valence-corrected chi connectivity index (χ4v) is 3.61. The minimum atomic E-state index is -0.563. The number of halogens is 1. The van der Waals surface area contributed by atoms with E-state index in [4.69, 9.17) is 16.3 Å². The molecule has 2 heterocycles. The van der Waals surface area contributed by atoms with Crippen molar-refractivity contribution in [3.63, 3.8) is 0 Å². The number of ether oxygens (including phenoxy) is 1. The van der Waals surface area contributed by atoms with Crippen LogP contribution in [0, 0.1) is 13.8 Å². The maximum absolute atomic E-state index is 12.7. The molecule has 0 radical (unpaired) electrons. The molecule has 0 aliphatic rings. The molecular formula is C18H17ClN4O3S. The van der Waals surface area contributed by atoms with Gasteiger partial charge in [-0.2, -0.15) is 9.78 Å². The van der Waals surface area contributed by atoms with Gasteiger partial charge in [0.25, 0.3) is 5.56 Å². The summed E-state index contributed by atoms with van der Waals surface area (Å²) in [5.41, 5.74) is 1.28. The minimum Gasteiger partial charge on any atom is -0.465 e. The zero-order valence-electron chi connectivity index (χ0n) is 14.9. The van der Waals surface area contributed by atoms with Gasteiger partial charge in [-0.1, -0.05) is 23.7 Å². The molecule has 7 nitrogen and oxygen atoms in total. The fourth-order valence-electron chi connectivity index (χ4n) is 2.58. The van der Waals surface area contributed by atoms with Crippen molar-refractivity contribution in [2.75, 3.05) is 12.4 Å². The van der Waals surface area contributed by atoms with E-state index in [9.17, 15) is 9.59 Å². The van der Waals surface area contributed by atoms with Crippen LogP contribution in [0.5, 0.6) is 0 Å². The van der Waals surface area contributed by atoms with Gasteiger partial charge in [0, 0.05) is 4.88 Å². The van der Waals surface area contributed by atoms with Gasteiger partial charge in [0.1, 0.15) is 5.02 Å². The molecule has 1 N–H and O–H groups in total. The predicted octanol–water partition coefficient (Wildman–Crippen LogP) is 3.36. The number of aromatic nitrogens is 3. The van der Waals surface area contributed by atoms with Crippen LogP contribution in [-0.2, 0) is 11.3 Å². The first-order valence-corrected chi connectivity index (χ1v) is 9.24. The zero-order valence-corrected chi connectivity index (χ0v) is 16.5. The molecule has 0 fully saturated rings. The van der Waals surface area contributed by atoms with E-state index in [1.165, 1.54) is 13.3 Å². The highest BCUT2D eigenvalue weighted by molar-refractivity contribution is 7.11. The van der Waals surface area contributed by atoms with E-state index < -0.39 is 11.5 Å². The predicted molar refractivity (Wildman–Crippen MR) is 105 cm³/mol. The molecule has 140 valence electrons. The third kappa shape index (κ3) is 3.86. The number of methoxy groups -OCH3 is 1. The van der Waals surface area contributed by atoms with E-state index in [0.717, 1.165) is 20.3 Å². The Hall–Kier alpha value is -2.71. The molecule has 27 heavy (non-hydrogen) atoms. The number of nitrogens with zero attached hydrogens (tertiary/aromatic N) is 3. The fraction of sp³-hybridized carbons (Fsp3) is 0.222. The van der Waals surface area contributed by atoms with Crippen LogP contribution in [0.2, 0.25) is 5.02 Å². The van der Waals surface area contributed by atoms with Gasteiger partial charge in [0.15, 0.2) is 0 Å². The van der Waals surface area contributed by atoms with Gasteiger partial charge in [0.05, 0.1) is 47.5 Å². The van der Waals surface area contributed by atoms with Crippen molar-refractivity contribution in [3.05, 3.63) is 67.0 Å². The molecule has 0 bridgehead atoms. The molecule has 2 aromatic heterocycles. The molecule has 9 heteroatoms. The summed E-state index contributed by atoms with van der Waals surface area (Å²) in [6, 6.07) is 6.54. The first kappa shape index (κ1) is 19.1. The van der Waals surface area contributed by atoms with Crippen molar-refractivity contribution >= 4 is 34.6 Å².